The zero-order chi connectivity index (χ0) is 17.4. The summed E-state index contributed by atoms with van der Waals surface area (Å²) in [6.07, 6.45) is 3.01. The number of carboxylic acid groups (broad SMARTS) is 1. The third kappa shape index (κ3) is 2.99. The summed E-state index contributed by atoms with van der Waals surface area (Å²) in [5, 5.41) is 17.0. The predicted octanol–water partition coefficient (Wildman–Crippen LogP) is 1.79. The summed E-state index contributed by atoms with van der Waals surface area (Å²) in [6, 6.07) is 3.21. The second-order valence-corrected chi connectivity index (χ2v) is 5.94. The molecule has 0 bridgehead atoms. The van der Waals surface area contributed by atoms with Crippen molar-refractivity contribution in [3.05, 3.63) is 41.5 Å². The van der Waals surface area contributed by atoms with E-state index in [1.807, 2.05) is 0 Å². The molecule has 0 aliphatic heterocycles. The molecule has 1 aromatic heterocycles. The first-order valence-electron chi connectivity index (χ1n) is 7.63. The SMILES string of the molecule is Cc1cc(F)ccc1-n1cc(C(=O)N(C2CC2)C(C)C(=O)O)nn1. The van der Waals surface area contributed by atoms with Crippen molar-refractivity contribution in [3.8, 4) is 5.69 Å². The molecule has 1 saturated carbocycles. The van der Waals surface area contributed by atoms with Crippen LogP contribution in [0.1, 0.15) is 35.8 Å². The van der Waals surface area contributed by atoms with Crippen molar-refractivity contribution in [3.63, 3.8) is 0 Å². The minimum absolute atomic E-state index is 0.0682. The maximum atomic E-state index is 13.2. The Morgan fingerprint density at radius 2 is 2.12 bits per heavy atom. The fourth-order valence-electron chi connectivity index (χ4n) is 2.62. The summed E-state index contributed by atoms with van der Waals surface area (Å²) < 4.78 is 14.6. The molecule has 24 heavy (non-hydrogen) atoms. The van der Waals surface area contributed by atoms with Gasteiger partial charge in [-0.25, -0.2) is 13.9 Å². The van der Waals surface area contributed by atoms with Gasteiger partial charge in [0.25, 0.3) is 5.91 Å². The van der Waals surface area contributed by atoms with E-state index in [2.05, 4.69) is 10.3 Å². The quantitative estimate of drug-likeness (QED) is 0.902. The van der Waals surface area contributed by atoms with E-state index in [0.29, 0.717) is 11.3 Å². The van der Waals surface area contributed by atoms with Gasteiger partial charge >= 0.3 is 5.97 Å². The maximum Gasteiger partial charge on any atom is 0.326 e. The van der Waals surface area contributed by atoms with Crippen LogP contribution in [0.2, 0.25) is 0 Å². The third-order valence-corrected chi connectivity index (χ3v) is 4.07. The fourth-order valence-corrected chi connectivity index (χ4v) is 2.62. The van der Waals surface area contributed by atoms with Gasteiger partial charge in [0.05, 0.1) is 11.9 Å². The van der Waals surface area contributed by atoms with Crippen LogP contribution < -0.4 is 0 Å². The van der Waals surface area contributed by atoms with Gasteiger partial charge in [-0.1, -0.05) is 5.21 Å². The van der Waals surface area contributed by atoms with Crippen molar-refractivity contribution in [2.45, 2.75) is 38.8 Å². The number of aryl methyl sites for hydroxylation is 1. The molecule has 1 atom stereocenters. The summed E-state index contributed by atoms with van der Waals surface area (Å²) in [4.78, 5) is 25.2. The maximum absolute atomic E-state index is 13.2. The normalized spacial score (nSPS) is 15.1. The van der Waals surface area contributed by atoms with E-state index in [1.54, 1.807) is 13.0 Å². The van der Waals surface area contributed by atoms with E-state index in [9.17, 15) is 19.1 Å². The molecule has 0 saturated heterocycles. The van der Waals surface area contributed by atoms with Crippen LogP contribution in [0.4, 0.5) is 4.39 Å². The Hall–Kier alpha value is -2.77. The molecular weight excluding hydrogens is 315 g/mol. The molecule has 0 spiro atoms. The monoisotopic (exact) mass is 332 g/mol. The second kappa shape index (κ2) is 6.03. The van der Waals surface area contributed by atoms with Crippen LogP contribution in [0, 0.1) is 12.7 Å². The van der Waals surface area contributed by atoms with Crippen molar-refractivity contribution in [1.82, 2.24) is 19.9 Å². The number of carbonyl (C=O) groups excluding carboxylic acids is 1. The van der Waals surface area contributed by atoms with Crippen LogP contribution in [-0.2, 0) is 4.79 Å². The van der Waals surface area contributed by atoms with E-state index in [-0.39, 0.29) is 17.6 Å². The lowest BCUT2D eigenvalue weighted by Crippen LogP contribution is -2.44. The smallest absolute Gasteiger partial charge is 0.326 e. The van der Waals surface area contributed by atoms with E-state index >= 15 is 0 Å². The van der Waals surface area contributed by atoms with Gasteiger partial charge < -0.3 is 10.0 Å². The van der Waals surface area contributed by atoms with Crippen molar-refractivity contribution in [2.24, 2.45) is 0 Å². The molecule has 1 heterocycles. The summed E-state index contributed by atoms with van der Waals surface area (Å²) >= 11 is 0. The van der Waals surface area contributed by atoms with Gasteiger partial charge in [0.15, 0.2) is 5.69 Å². The first kappa shape index (κ1) is 16.1. The second-order valence-electron chi connectivity index (χ2n) is 5.94. The average molecular weight is 332 g/mol. The summed E-state index contributed by atoms with van der Waals surface area (Å²) in [6.45, 7) is 3.21. The molecule has 1 unspecified atom stereocenters. The minimum atomic E-state index is -1.06. The highest BCUT2D eigenvalue weighted by Crippen LogP contribution is 2.30. The molecular formula is C16H17FN4O3. The molecule has 8 heteroatoms. The molecule has 1 amide bonds. The van der Waals surface area contributed by atoms with Crippen molar-refractivity contribution in [2.75, 3.05) is 0 Å². The fraction of sp³-hybridized carbons (Fsp3) is 0.375. The van der Waals surface area contributed by atoms with Crippen LogP contribution in [0.3, 0.4) is 0 Å². The number of aliphatic carboxylic acids is 1. The number of hydrogen-bond acceptors (Lipinski definition) is 4. The van der Waals surface area contributed by atoms with Crippen LogP contribution >= 0.6 is 0 Å². The Labute approximate surface area is 137 Å². The largest absolute Gasteiger partial charge is 0.480 e. The Balaban J connectivity index is 1.89. The van der Waals surface area contributed by atoms with Crippen LogP contribution in [0.5, 0.6) is 0 Å². The number of carboxylic acids is 1. The topological polar surface area (TPSA) is 88.3 Å². The lowest BCUT2D eigenvalue weighted by atomic mass is 10.2. The number of hydrogen-bond donors (Lipinski definition) is 1. The molecule has 1 aromatic carbocycles. The third-order valence-electron chi connectivity index (χ3n) is 4.07. The lowest BCUT2D eigenvalue weighted by molar-refractivity contribution is -0.141. The lowest BCUT2D eigenvalue weighted by Gasteiger charge is -2.25. The van der Waals surface area contributed by atoms with Crippen LogP contribution in [0.15, 0.2) is 24.4 Å². The van der Waals surface area contributed by atoms with Crippen LogP contribution in [-0.4, -0.2) is 49.0 Å². The predicted molar refractivity (Wildman–Crippen MR) is 82.3 cm³/mol. The number of carbonyl (C=O) groups is 2. The molecule has 1 fully saturated rings. The average Bonchev–Trinajstić information content (AvgIpc) is 3.23. The van der Waals surface area contributed by atoms with E-state index in [1.165, 1.54) is 34.8 Å². The van der Waals surface area contributed by atoms with Crippen molar-refractivity contribution in [1.29, 1.82) is 0 Å². The Kier molecular flexibility index (Phi) is 4.04. The van der Waals surface area contributed by atoms with Gasteiger partial charge in [-0.05, 0) is 50.5 Å². The van der Waals surface area contributed by atoms with Crippen molar-refractivity contribution < 1.29 is 19.1 Å². The van der Waals surface area contributed by atoms with Crippen molar-refractivity contribution >= 4 is 11.9 Å². The Bertz CT molecular complexity index is 800. The Morgan fingerprint density at radius 3 is 2.71 bits per heavy atom. The van der Waals surface area contributed by atoms with E-state index in [0.717, 1.165) is 12.8 Å². The van der Waals surface area contributed by atoms with E-state index < -0.39 is 17.9 Å². The van der Waals surface area contributed by atoms with Gasteiger partial charge in [-0.3, -0.25) is 4.79 Å². The van der Waals surface area contributed by atoms with Gasteiger partial charge in [-0.15, -0.1) is 5.10 Å². The first-order valence-corrected chi connectivity index (χ1v) is 7.63. The zero-order valence-electron chi connectivity index (χ0n) is 13.3. The minimum Gasteiger partial charge on any atom is -0.480 e. The Morgan fingerprint density at radius 1 is 1.42 bits per heavy atom. The van der Waals surface area contributed by atoms with Gasteiger partial charge in [-0.2, -0.15) is 0 Å². The highest BCUT2D eigenvalue weighted by molar-refractivity contribution is 5.95. The summed E-state index contributed by atoms with van der Waals surface area (Å²) in [5.74, 6) is -1.88. The number of nitrogens with zero attached hydrogens (tertiary/aromatic N) is 4. The number of amides is 1. The molecule has 1 aliphatic rings. The van der Waals surface area contributed by atoms with E-state index in [4.69, 9.17) is 0 Å². The molecule has 2 aromatic rings. The molecule has 126 valence electrons. The summed E-state index contributed by atoms with van der Waals surface area (Å²) in [7, 11) is 0. The molecule has 0 radical (unpaired) electrons. The number of halogens is 1. The van der Waals surface area contributed by atoms with Gasteiger partial charge in [0.2, 0.25) is 0 Å². The number of rotatable bonds is 5. The van der Waals surface area contributed by atoms with Gasteiger partial charge in [0, 0.05) is 6.04 Å². The number of benzene rings is 1. The highest BCUT2D eigenvalue weighted by Gasteiger charge is 2.39. The molecule has 3 rings (SSSR count). The molecule has 7 nitrogen and oxygen atoms in total. The first-order chi connectivity index (χ1) is 11.4. The molecule has 1 aliphatic carbocycles. The molecule has 1 N–H and O–H groups in total. The van der Waals surface area contributed by atoms with Gasteiger partial charge in [0.1, 0.15) is 11.9 Å². The number of aromatic nitrogens is 3. The standard InChI is InChI=1S/C16H17FN4O3/c1-9-7-11(17)3-6-14(9)20-8-13(18-19-20)15(22)21(12-4-5-12)10(2)16(23)24/h3,6-8,10,12H,4-5H2,1-2H3,(H,23,24). The van der Waals surface area contributed by atoms with Crippen LogP contribution in [0.25, 0.3) is 5.69 Å². The summed E-state index contributed by atoms with van der Waals surface area (Å²) in [5.41, 5.74) is 1.32. The highest BCUT2D eigenvalue weighted by atomic mass is 19.1. The zero-order valence-corrected chi connectivity index (χ0v) is 13.3.